The Morgan fingerprint density at radius 2 is 1.21 bits per heavy atom. The fourth-order valence-corrected chi connectivity index (χ4v) is 5.35. The van der Waals surface area contributed by atoms with Crippen LogP contribution in [0.2, 0.25) is 0 Å². The molecule has 216 valence electrons. The van der Waals surface area contributed by atoms with Gasteiger partial charge in [0, 0.05) is 0 Å². The van der Waals surface area contributed by atoms with E-state index in [1.165, 1.54) is 89.4 Å². The van der Waals surface area contributed by atoms with Crippen molar-refractivity contribution in [1.82, 2.24) is 0 Å². The van der Waals surface area contributed by atoms with E-state index in [4.69, 9.17) is 0 Å². The van der Waals surface area contributed by atoms with Crippen LogP contribution in [0, 0.1) is 28.7 Å². The van der Waals surface area contributed by atoms with E-state index in [1.807, 2.05) is 0 Å². The van der Waals surface area contributed by atoms with Gasteiger partial charge in [-0.1, -0.05) is 119 Å². The normalized spacial score (nSPS) is 10.4. The number of fused-ring (bicyclic) bond motifs is 2. The number of hydrogen-bond acceptors (Lipinski definition) is 0. The van der Waals surface area contributed by atoms with Gasteiger partial charge in [0.2, 0.25) is 0 Å². The fourth-order valence-electron chi connectivity index (χ4n) is 5.35. The van der Waals surface area contributed by atoms with Gasteiger partial charge in [0.1, 0.15) is 0 Å². The Morgan fingerprint density at radius 1 is 0.595 bits per heavy atom. The molecule has 0 atom stereocenters. The third-order valence-corrected chi connectivity index (χ3v) is 7.66. The van der Waals surface area contributed by atoms with Crippen LogP contribution in [0.1, 0.15) is 61.8 Å². The monoisotopic (exact) mass is 642 g/mol. The molecule has 0 aliphatic rings. The van der Waals surface area contributed by atoms with Crippen molar-refractivity contribution in [2.45, 2.75) is 53.4 Å². The number of rotatable bonds is 4. The molecule has 0 unspecified atom stereocenters. The Bertz CT molecular complexity index is 1680. The van der Waals surface area contributed by atoms with E-state index < -0.39 is 0 Å². The van der Waals surface area contributed by atoms with E-state index in [0.717, 1.165) is 0 Å². The summed E-state index contributed by atoms with van der Waals surface area (Å²) in [5.74, 6) is 1.17. The second-order valence-corrected chi connectivity index (χ2v) is 11.2. The Labute approximate surface area is 272 Å². The molecule has 0 aliphatic carbocycles. The quantitative estimate of drug-likeness (QED) is 0.132. The first-order valence-electron chi connectivity index (χ1n) is 14.1. The fraction of sp³-hybridized carbons (Fsp3) is 0.200. The molecule has 0 spiro atoms. The molecule has 0 fully saturated rings. The van der Waals surface area contributed by atoms with Crippen LogP contribution in [-0.4, -0.2) is 6.88 Å². The van der Waals surface area contributed by atoms with Crippen LogP contribution >= 0.6 is 0 Å². The van der Waals surface area contributed by atoms with Gasteiger partial charge >= 0.3 is 30.2 Å². The van der Waals surface area contributed by atoms with E-state index >= 15 is 0 Å². The molecule has 2 radical (unpaired) electrons. The molecule has 0 bridgehead atoms. The van der Waals surface area contributed by atoms with Gasteiger partial charge in [-0.2, -0.15) is 12.1 Å². The number of hydrogen-bond donors (Lipinski definition) is 0. The summed E-state index contributed by atoms with van der Waals surface area (Å²) in [6, 6.07) is 39.9. The topological polar surface area (TPSA) is 0 Å². The second kappa shape index (κ2) is 16.2. The summed E-state index contributed by atoms with van der Waals surface area (Å²) in [5, 5.41) is 5.47. The Morgan fingerprint density at radius 3 is 1.83 bits per heavy atom. The molecule has 0 amide bonds. The Kier molecular flexibility index (Phi) is 13.6. The summed E-state index contributed by atoms with van der Waals surface area (Å²) < 4.78 is 0. The van der Waals surface area contributed by atoms with E-state index in [1.54, 1.807) is 0 Å². The predicted octanol–water partition coefficient (Wildman–Crippen LogP) is 11.8. The van der Waals surface area contributed by atoms with Crippen LogP contribution in [0.25, 0.3) is 43.8 Å². The van der Waals surface area contributed by atoms with Gasteiger partial charge in [0.15, 0.2) is 0 Å². The predicted molar refractivity (Wildman–Crippen MR) is 186 cm³/mol. The van der Waals surface area contributed by atoms with Crippen molar-refractivity contribution in [3.05, 3.63) is 146 Å². The molecular weight excluding hydrogens is 600 g/mol. The summed E-state index contributed by atoms with van der Waals surface area (Å²) in [4.78, 5) is 0. The van der Waals surface area contributed by atoms with Gasteiger partial charge in [0.05, 0.1) is 0 Å². The number of aryl methyl sites for hydroxylation is 2. The molecule has 6 aromatic carbocycles. The van der Waals surface area contributed by atoms with Crippen LogP contribution in [0.4, 0.5) is 0 Å². The molecule has 0 N–H and O–H groups in total. The van der Waals surface area contributed by atoms with E-state index in [2.05, 4.69) is 158 Å². The molecule has 42 heavy (non-hydrogen) atoms. The van der Waals surface area contributed by atoms with Gasteiger partial charge in [-0.05, 0) is 28.5 Å². The third kappa shape index (κ3) is 7.97. The minimum atomic E-state index is 0. The molecule has 0 aliphatic heterocycles. The molecule has 0 saturated carbocycles. The average molecular weight is 644 g/mol. The summed E-state index contributed by atoms with van der Waals surface area (Å²) in [5.41, 5.74) is 10.8. The zero-order valence-corrected chi connectivity index (χ0v) is 30.0. The SMILES string of the molecule is CC(C)c1cc2c(-c3ccccc3)cccc2[cH-]1.Cc1cc2c(-c3ccc(C(C)C)cc3)ccc(C)c2[cH-]1.[CH3-].[CH3-].[Si]=[Zr]. The van der Waals surface area contributed by atoms with Crippen LogP contribution in [0.5, 0.6) is 0 Å². The van der Waals surface area contributed by atoms with E-state index in [9.17, 15) is 0 Å². The average Bonchev–Trinajstić information content (AvgIpc) is 3.60. The van der Waals surface area contributed by atoms with Gasteiger partial charge in [-0.25, -0.2) is 0 Å². The molecule has 0 heterocycles. The van der Waals surface area contributed by atoms with Crippen molar-refractivity contribution in [1.29, 1.82) is 0 Å². The van der Waals surface area contributed by atoms with Crippen LogP contribution in [0.3, 0.4) is 0 Å². The molecule has 0 nitrogen and oxygen atoms in total. The second-order valence-electron chi connectivity index (χ2n) is 11.2. The zero-order chi connectivity index (χ0) is 28.8. The summed E-state index contributed by atoms with van der Waals surface area (Å²) in [6.45, 7) is 16.4. The first-order valence-corrected chi connectivity index (χ1v) is 18.3. The van der Waals surface area contributed by atoms with E-state index in [0.29, 0.717) is 11.8 Å². The van der Waals surface area contributed by atoms with Crippen molar-refractivity contribution in [2.24, 2.45) is 0 Å². The van der Waals surface area contributed by atoms with Gasteiger partial charge < -0.3 is 14.9 Å². The van der Waals surface area contributed by atoms with Crippen molar-refractivity contribution in [3.63, 3.8) is 0 Å². The van der Waals surface area contributed by atoms with Gasteiger partial charge in [0.25, 0.3) is 0 Å². The molecular formula is C40H44SiZr-4. The van der Waals surface area contributed by atoms with Crippen LogP contribution in [0.15, 0.2) is 109 Å². The number of benzene rings is 4. The molecule has 0 saturated heterocycles. The van der Waals surface area contributed by atoms with Crippen molar-refractivity contribution in [3.8, 4) is 22.3 Å². The minimum absolute atomic E-state index is 0. The maximum atomic E-state index is 3.06. The molecule has 0 aromatic heterocycles. The summed E-state index contributed by atoms with van der Waals surface area (Å²) >= 11 is 1.36. The Hall–Kier alpha value is -2.80. The maximum absolute atomic E-state index is 3.06. The van der Waals surface area contributed by atoms with E-state index in [-0.39, 0.29) is 14.9 Å². The van der Waals surface area contributed by atoms with Crippen LogP contribution in [-0.2, 0) is 23.3 Å². The molecule has 2 heteroatoms. The standard InChI is InChI=1S/C20H21.C18H17.2CH3.Si.Zr/c1-13(2)16-6-8-17(9-7-16)18-10-5-15(4)19-11-14(3)12-20(18)19;1-13(2)16-11-15-9-6-10-17(18(15)12-16)14-7-4-3-5-8-14;;;;/h5-13H,1-4H3;3-13H,1-2H3;2*1H3;;/q4*-1;;. The summed E-state index contributed by atoms with van der Waals surface area (Å²) in [6.07, 6.45) is 0. The zero-order valence-electron chi connectivity index (χ0n) is 26.5. The van der Waals surface area contributed by atoms with Gasteiger partial charge in [-0.15, -0.1) is 68.6 Å². The van der Waals surface area contributed by atoms with Crippen molar-refractivity contribution in [2.75, 3.05) is 0 Å². The van der Waals surface area contributed by atoms with Crippen LogP contribution < -0.4 is 0 Å². The third-order valence-electron chi connectivity index (χ3n) is 7.66. The first-order chi connectivity index (χ1) is 19.3. The van der Waals surface area contributed by atoms with Crippen molar-refractivity contribution >= 4 is 28.4 Å². The van der Waals surface area contributed by atoms with Crippen molar-refractivity contribution < 1.29 is 23.3 Å². The van der Waals surface area contributed by atoms with Gasteiger partial charge in [-0.3, -0.25) is 0 Å². The molecule has 6 rings (SSSR count). The molecule has 6 aromatic rings. The summed E-state index contributed by atoms with van der Waals surface area (Å²) in [7, 11) is 0. The Balaban J connectivity index is 0.000000266. The first kappa shape index (κ1) is 35.4.